The quantitative estimate of drug-likeness (QED) is 0.126. The molecule has 0 spiro atoms. The van der Waals surface area contributed by atoms with E-state index in [-0.39, 0.29) is 11.9 Å². The molecule has 0 bridgehead atoms. The van der Waals surface area contributed by atoms with E-state index >= 15 is 0 Å². The number of ether oxygens (including phenoxy) is 1. The first-order valence-electron chi connectivity index (χ1n) is 15.7. The van der Waals surface area contributed by atoms with Crippen molar-refractivity contribution in [2.24, 2.45) is 7.05 Å². The Labute approximate surface area is 284 Å². The molecule has 5 aromatic rings. The minimum Gasteiger partial charge on any atom is -0.481 e. The third-order valence-corrected chi connectivity index (χ3v) is 9.24. The number of aryl methyl sites for hydroxylation is 1. The number of hydrogen-bond acceptors (Lipinski definition) is 7. The lowest BCUT2D eigenvalue weighted by molar-refractivity contribution is -0.119. The highest BCUT2D eigenvalue weighted by atomic mass is 35.5. The number of pyridine rings is 2. The number of benzene rings is 2. The second-order valence-corrected chi connectivity index (χ2v) is 12.7. The molecule has 2 aromatic carbocycles. The number of rotatable bonds is 12. The maximum absolute atomic E-state index is 11.5. The maximum Gasteiger partial charge on any atom is 0.220 e. The Hall–Kier alpha value is -3.99. The topological polar surface area (TPSA) is 113 Å². The predicted octanol–water partition coefficient (Wildman–Crippen LogP) is 6.12. The van der Waals surface area contributed by atoms with E-state index in [2.05, 4.69) is 28.2 Å². The molecule has 2 atom stereocenters. The summed E-state index contributed by atoms with van der Waals surface area (Å²) in [4.78, 5) is 21.3. The van der Waals surface area contributed by atoms with E-state index in [0.717, 1.165) is 56.5 Å². The smallest absolute Gasteiger partial charge is 0.220 e. The monoisotopic (exact) mass is 672 g/mol. The molecule has 3 aromatic heterocycles. The standard InChI is InChI=1S/C36H38Cl2N6O3/c1-21(45)16-39-18-23-20-44(2)35-25(23)12-14-30(42-35)28-8-4-6-26(33(28)37)27-7-5-9-29(34(27)38)31-13-10-22(36(43-31)47-3)17-40-19-24-11-15-32(46)41-24/h4-10,12-14,20-21,24,39-40,45H,11,15-19H2,1-3H3,(H,41,46)/t21?,24-/m0/s1. The largest absolute Gasteiger partial charge is 0.481 e. The lowest BCUT2D eigenvalue weighted by Gasteiger charge is -2.15. The number of fused-ring (bicyclic) bond motifs is 1. The molecule has 1 amide bonds. The maximum atomic E-state index is 11.5. The van der Waals surface area contributed by atoms with Crippen LogP contribution >= 0.6 is 23.2 Å². The van der Waals surface area contributed by atoms with Crippen molar-refractivity contribution in [3.63, 3.8) is 0 Å². The van der Waals surface area contributed by atoms with Gasteiger partial charge in [-0.2, -0.15) is 0 Å². The van der Waals surface area contributed by atoms with Gasteiger partial charge in [0.05, 0.1) is 34.6 Å². The third kappa shape index (κ3) is 7.15. The zero-order valence-corrected chi connectivity index (χ0v) is 28.1. The molecule has 11 heteroatoms. The molecule has 1 unspecified atom stereocenters. The number of aliphatic hydroxyl groups excluding tert-OH is 1. The number of halogens is 2. The molecule has 47 heavy (non-hydrogen) atoms. The molecule has 9 nitrogen and oxygen atoms in total. The van der Waals surface area contributed by atoms with E-state index in [1.165, 1.54) is 0 Å². The zero-order valence-electron chi connectivity index (χ0n) is 26.6. The number of carbonyl (C=O) groups is 1. The van der Waals surface area contributed by atoms with Crippen LogP contribution in [0.1, 0.15) is 30.9 Å². The van der Waals surface area contributed by atoms with Crippen LogP contribution in [0, 0.1) is 0 Å². The summed E-state index contributed by atoms with van der Waals surface area (Å²) in [7, 11) is 3.58. The van der Waals surface area contributed by atoms with Crippen LogP contribution in [0.4, 0.5) is 0 Å². The number of hydrogen-bond donors (Lipinski definition) is 4. The van der Waals surface area contributed by atoms with Gasteiger partial charge >= 0.3 is 0 Å². The van der Waals surface area contributed by atoms with Gasteiger partial charge in [0.25, 0.3) is 0 Å². The fourth-order valence-electron chi connectivity index (χ4n) is 6.06. The van der Waals surface area contributed by atoms with Gasteiger partial charge in [-0.05, 0) is 37.1 Å². The van der Waals surface area contributed by atoms with E-state index in [9.17, 15) is 9.90 Å². The molecule has 6 rings (SSSR count). The molecule has 4 N–H and O–H groups in total. The van der Waals surface area contributed by atoms with Crippen molar-refractivity contribution in [1.82, 2.24) is 30.5 Å². The SMILES string of the molecule is COc1nc(-c2cccc(-c3cccc(-c4ccc5c(CNCC(C)O)cn(C)c5n4)c3Cl)c2Cl)ccc1CNC[C@@H]1CCC(=O)N1. The van der Waals surface area contributed by atoms with Crippen molar-refractivity contribution in [1.29, 1.82) is 0 Å². The summed E-state index contributed by atoms with van der Waals surface area (Å²) in [5.74, 6) is 0.613. The van der Waals surface area contributed by atoms with Crippen LogP contribution < -0.4 is 20.7 Å². The van der Waals surface area contributed by atoms with Crippen molar-refractivity contribution in [2.45, 2.75) is 45.0 Å². The summed E-state index contributed by atoms with van der Waals surface area (Å²) < 4.78 is 7.66. The summed E-state index contributed by atoms with van der Waals surface area (Å²) in [5.41, 5.74) is 7.45. The fraction of sp³-hybridized carbons (Fsp3) is 0.306. The van der Waals surface area contributed by atoms with E-state index in [1.54, 1.807) is 14.0 Å². The van der Waals surface area contributed by atoms with Gasteiger partial charge < -0.3 is 30.4 Å². The van der Waals surface area contributed by atoms with Gasteiger partial charge in [0.2, 0.25) is 11.8 Å². The average molecular weight is 674 g/mol. The summed E-state index contributed by atoms with van der Waals surface area (Å²) in [6.45, 7) is 4.16. The first kappa shape index (κ1) is 32.9. The highest BCUT2D eigenvalue weighted by Crippen LogP contribution is 2.42. The van der Waals surface area contributed by atoms with E-state index < -0.39 is 6.10 Å². The molecule has 244 valence electrons. The first-order chi connectivity index (χ1) is 22.7. The third-order valence-electron chi connectivity index (χ3n) is 8.42. The van der Waals surface area contributed by atoms with Crippen molar-refractivity contribution < 1.29 is 14.6 Å². The van der Waals surface area contributed by atoms with Gasteiger partial charge in [0.15, 0.2) is 0 Å². The van der Waals surface area contributed by atoms with Crippen LogP contribution in [0.15, 0.2) is 66.9 Å². The zero-order chi connectivity index (χ0) is 33.1. The Balaban J connectivity index is 1.26. The number of carbonyl (C=O) groups excluding carboxylic acids is 1. The van der Waals surface area contributed by atoms with Gasteiger partial charge in [0.1, 0.15) is 5.65 Å². The number of nitrogens with zero attached hydrogens (tertiary/aromatic N) is 3. The second kappa shape index (κ2) is 14.4. The number of aliphatic hydroxyl groups is 1. The molecular weight excluding hydrogens is 635 g/mol. The van der Waals surface area contributed by atoms with Crippen molar-refractivity contribution in [3.8, 4) is 39.5 Å². The minimum atomic E-state index is -0.412. The average Bonchev–Trinajstić information content (AvgIpc) is 3.62. The van der Waals surface area contributed by atoms with Gasteiger partial charge in [0, 0.05) is 85.1 Å². The highest BCUT2D eigenvalue weighted by Gasteiger charge is 2.21. The Morgan fingerprint density at radius 1 is 0.936 bits per heavy atom. The highest BCUT2D eigenvalue weighted by molar-refractivity contribution is 6.39. The molecule has 1 saturated heterocycles. The summed E-state index contributed by atoms with van der Waals surface area (Å²) >= 11 is 14.2. The lowest BCUT2D eigenvalue weighted by Crippen LogP contribution is -2.35. The number of methoxy groups -OCH3 is 1. The lowest BCUT2D eigenvalue weighted by atomic mass is 9.98. The summed E-state index contributed by atoms with van der Waals surface area (Å²) in [6, 6.07) is 19.8. The molecular formula is C36H38Cl2N6O3. The minimum absolute atomic E-state index is 0.103. The predicted molar refractivity (Wildman–Crippen MR) is 188 cm³/mol. The van der Waals surface area contributed by atoms with Crippen LogP contribution in [-0.2, 0) is 24.9 Å². The van der Waals surface area contributed by atoms with Gasteiger partial charge in [-0.3, -0.25) is 4.79 Å². The fourth-order valence-corrected chi connectivity index (χ4v) is 6.71. The first-order valence-corrected chi connectivity index (χ1v) is 16.4. The van der Waals surface area contributed by atoms with E-state index in [4.69, 9.17) is 37.9 Å². The Morgan fingerprint density at radius 2 is 1.57 bits per heavy atom. The van der Waals surface area contributed by atoms with Gasteiger partial charge in [-0.25, -0.2) is 9.97 Å². The summed E-state index contributed by atoms with van der Waals surface area (Å²) in [5, 5.41) is 21.4. The van der Waals surface area contributed by atoms with Crippen LogP contribution in [0.25, 0.3) is 44.7 Å². The Bertz CT molecular complexity index is 1930. The van der Waals surface area contributed by atoms with Crippen molar-refractivity contribution in [2.75, 3.05) is 20.2 Å². The molecule has 0 saturated carbocycles. The van der Waals surface area contributed by atoms with E-state index in [1.807, 2.05) is 66.2 Å². The molecule has 1 fully saturated rings. The number of amides is 1. The van der Waals surface area contributed by atoms with Gasteiger partial charge in [-0.1, -0.05) is 65.7 Å². The van der Waals surface area contributed by atoms with Crippen LogP contribution in [0.5, 0.6) is 5.88 Å². The van der Waals surface area contributed by atoms with Gasteiger partial charge in [-0.15, -0.1) is 0 Å². The number of nitrogens with one attached hydrogen (secondary N) is 3. The number of aromatic nitrogens is 3. The normalized spacial score (nSPS) is 15.3. The molecule has 1 aliphatic rings. The van der Waals surface area contributed by atoms with Crippen LogP contribution in [0.2, 0.25) is 10.0 Å². The Kier molecular flexibility index (Phi) is 10.1. The van der Waals surface area contributed by atoms with E-state index in [0.29, 0.717) is 54.2 Å². The molecule has 1 aliphatic heterocycles. The van der Waals surface area contributed by atoms with Crippen molar-refractivity contribution in [3.05, 3.63) is 88.0 Å². The summed E-state index contributed by atoms with van der Waals surface area (Å²) in [6.07, 6.45) is 3.06. The van der Waals surface area contributed by atoms with Crippen LogP contribution in [-0.4, -0.2) is 57.9 Å². The Morgan fingerprint density at radius 3 is 2.21 bits per heavy atom. The molecule has 0 radical (unpaired) electrons. The molecule has 4 heterocycles. The second-order valence-electron chi connectivity index (χ2n) is 11.9. The molecule has 0 aliphatic carbocycles. The van der Waals surface area contributed by atoms with Crippen molar-refractivity contribution >= 4 is 40.1 Å². The van der Waals surface area contributed by atoms with Crippen LogP contribution in [0.3, 0.4) is 0 Å².